The number of nitrogens with zero attached hydrogens (tertiary/aromatic N) is 1. The SMILES string of the molecule is CNCC1CCN(C(=O)CCCC(=O)c2ccc(OC)cc2)CC1.Cl. The second-order valence-corrected chi connectivity index (χ2v) is 6.39. The molecule has 1 heterocycles. The van der Waals surface area contributed by atoms with Crippen LogP contribution in [-0.4, -0.2) is 50.4 Å². The lowest BCUT2D eigenvalue weighted by molar-refractivity contribution is -0.132. The Bertz CT molecular complexity index is 540. The highest BCUT2D eigenvalue weighted by Gasteiger charge is 2.22. The van der Waals surface area contributed by atoms with E-state index in [1.165, 1.54) is 0 Å². The smallest absolute Gasteiger partial charge is 0.222 e. The molecule has 1 saturated heterocycles. The first kappa shape index (κ1) is 21.5. The summed E-state index contributed by atoms with van der Waals surface area (Å²) < 4.78 is 5.09. The van der Waals surface area contributed by atoms with Crippen molar-refractivity contribution in [3.63, 3.8) is 0 Å². The number of benzene rings is 1. The van der Waals surface area contributed by atoms with Crippen LogP contribution < -0.4 is 10.1 Å². The molecule has 0 aliphatic carbocycles. The largest absolute Gasteiger partial charge is 0.497 e. The number of carbonyl (C=O) groups excluding carboxylic acids is 2. The normalized spacial score (nSPS) is 14.7. The molecule has 0 radical (unpaired) electrons. The maximum atomic E-state index is 12.2. The van der Waals surface area contributed by atoms with E-state index < -0.39 is 0 Å². The zero-order chi connectivity index (χ0) is 17.4. The van der Waals surface area contributed by atoms with Crippen LogP contribution in [0.1, 0.15) is 42.5 Å². The van der Waals surface area contributed by atoms with Gasteiger partial charge >= 0.3 is 0 Å². The van der Waals surface area contributed by atoms with Crippen molar-refractivity contribution < 1.29 is 14.3 Å². The van der Waals surface area contributed by atoms with E-state index in [1.807, 2.05) is 11.9 Å². The Balaban J connectivity index is 0.00000312. The van der Waals surface area contributed by atoms with E-state index in [0.717, 1.165) is 38.2 Å². The first-order valence-corrected chi connectivity index (χ1v) is 8.73. The molecular formula is C19H29ClN2O3. The predicted octanol–water partition coefficient (Wildman–Crippen LogP) is 2.93. The fourth-order valence-electron chi connectivity index (χ4n) is 3.15. The van der Waals surface area contributed by atoms with E-state index in [2.05, 4.69) is 5.32 Å². The fourth-order valence-corrected chi connectivity index (χ4v) is 3.15. The molecule has 6 heteroatoms. The number of halogens is 1. The quantitative estimate of drug-likeness (QED) is 0.717. The van der Waals surface area contributed by atoms with Gasteiger partial charge in [0.2, 0.25) is 5.91 Å². The van der Waals surface area contributed by atoms with E-state index in [0.29, 0.717) is 30.7 Å². The Morgan fingerprint density at radius 3 is 2.36 bits per heavy atom. The molecule has 0 spiro atoms. The van der Waals surface area contributed by atoms with Crippen molar-refractivity contribution in [2.24, 2.45) is 5.92 Å². The van der Waals surface area contributed by atoms with Gasteiger partial charge in [-0.15, -0.1) is 12.4 Å². The number of hydrogen-bond acceptors (Lipinski definition) is 4. The number of ketones is 1. The molecule has 140 valence electrons. The molecule has 1 aromatic carbocycles. The minimum absolute atomic E-state index is 0. The number of methoxy groups -OCH3 is 1. The molecule has 1 aromatic rings. The molecular weight excluding hydrogens is 340 g/mol. The number of nitrogens with one attached hydrogen (secondary N) is 1. The second kappa shape index (κ2) is 11.1. The van der Waals surface area contributed by atoms with Gasteiger partial charge in [0, 0.05) is 31.5 Å². The van der Waals surface area contributed by atoms with E-state index in [9.17, 15) is 9.59 Å². The van der Waals surface area contributed by atoms with Gasteiger partial charge in [-0.3, -0.25) is 9.59 Å². The molecule has 0 aromatic heterocycles. The number of hydrogen-bond donors (Lipinski definition) is 1. The van der Waals surface area contributed by atoms with Crippen LogP contribution in [0.5, 0.6) is 5.75 Å². The monoisotopic (exact) mass is 368 g/mol. The van der Waals surface area contributed by atoms with E-state index in [-0.39, 0.29) is 24.1 Å². The van der Waals surface area contributed by atoms with Crippen LogP contribution in [0.2, 0.25) is 0 Å². The molecule has 5 nitrogen and oxygen atoms in total. The van der Waals surface area contributed by atoms with E-state index >= 15 is 0 Å². The summed E-state index contributed by atoms with van der Waals surface area (Å²) in [7, 11) is 3.57. The summed E-state index contributed by atoms with van der Waals surface area (Å²) in [6, 6.07) is 7.12. The summed E-state index contributed by atoms with van der Waals surface area (Å²) in [4.78, 5) is 26.3. The van der Waals surface area contributed by atoms with E-state index in [4.69, 9.17) is 4.74 Å². The average Bonchev–Trinajstić information content (AvgIpc) is 2.62. The Kier molecular flexibility index (Phi) is 9.53. The molecule has 1 aliphatic heterocycles. The summed E-state index contributed by atoms with van der Waals surface area (Å²) in [6.45, 7) is 2.72. The van der Waals surface area contributed by atoms with Gasteiger partial charge in [0.1, 0.15) is 5.75 Å². The minimum atomic E-state index is 0. The van der Waals surface area contributed by atoms with Gasteiger partial charge in [0.15, 0.2) is 5.78 Å². The molecule has 0 unspecified atom stereocenters. The number of rotatable bonds is 8. The second-order valence-electron chi connectivity index (χ2n) is 6.39. The molecule has 0 saturated carbocycles. The van der Waals surface area contributed by atoms with Gasteiger partial charge in [-0.1, -0.05) is 0 Å². The highest BCUT2D eigenvalue weighted by molar-refractivity contribution is 5.96. The van der Waals surface area contributed by atoms with Crippen LogP contribution in [-0.2, 0) is 4.79 Å². The highest BCUT2D eigenvalue weighted by Crippen LogP contribution is 2.18. The first-order chi connectivity index (χ1) is 11.6. The van der Waals surface area contributed by atoms with Crippen LogP contribution in [0.4, 0.5) is 0 Å². The standard InChI is InChI=1S/C19H28N2O3.ClH/c1-20-14-15-10-12-21(13-11-15)19(23)5-3-4-18(22)16-6-8-17(24-2)9-7-16;/h6-9,15,20H,3-5,10-14H2,1-2H3;1H. The van der Waals surface area contributed by atoms with Gasteiger partial charge in [-0.2, -0.15) is 0 Å². The molecule has 0 bridgehead atoms. The highest BCUT2D eigenvalue weighted by atomic mass is 35.5. The number of amides is 1. The van der Waals surface area contributed by atoms with Gasteiger partial charge < -0.3 is 15.0 Å². The topological polar surface area (TPSA) is 58.6 Å². The fraction of sp³-hybridized carbons (Fsp3) is 0.579. The number of piperidine rings is 1. The number of carbonyl (C=O) groups is 2. The summed E-state index contributed by atoms with van der Waals surface area (Å²) in [5.41, 5.74) is 0.677. The van der Waals surface area contributed by atoms with Crippen LogP contribution in [0.25, 0.3) is 0 Å². The van der Waals surface area contributed by atoms with Crippen LogP contribution in [0.15, 0.2) is 24.3 Å². The van der Waals surface area contributed by atoms with Gasteiger partial charge in [0.05, 0.1) is 7.11 Å². The van der Waals surface area contributed by atoms with Crippen LogP contribution >= 0.6 is 12.4 Å². The lowest BCUT2D eigenvalue weighted by atomic mass is 9.96. The third-order valence-corrected chi connectivity index (χ3v) is 4.67. The Hall–Kier alpha value is -1.59. The van der Waals surface area contributed by atoms with Crippen LogP contribution in [0.3, 0.4) is 0 Å². The lowest BCUT2D eigenvalue weighted by Crippen LogP contribution is -2.40. The average molecular weight is 369 g/mol. The van der Waals surface area contributed by atoms with Crippen molar-refractivity contribution >= 4 is 24.1 Å². The molecule has 1 amide bonds. The van der Waals surface area contributed by atoms with Gasteiger partial charge in [0.25, 0.3) is 0 Å². The van der Waals surface area contributed by atoms with Crippen molar-refractivity contribution in [1.82, 2.24) is 10.2 Å². The Labute approximate surface area is 156 Å². The maximum Gasteiger partial charge on any atom is 0.222 e. The number of Topliss-reactive ketones (excluding diaryl/α,β-unsaturated/α-hetero) is 1. The summed E-state index contributed by atoms with van der Waals surface area (Å²) in [5.74, 6) is 1.68. The van der Waals surface area contributed by atoms with Crippen molar-refractivity contribution in [3.05, 3.63) is 29.8 Å². The minimum Gasteiger partial charge on any atom is -0.497 e. The molecule has 1 N–H and O–H groups in total. The van der Waals surface area contributed by atoms with Crippen LogP contribution in [0, 0.1) is 5.92 Å². The predicted molar refractivity (Wildman–Crippen MR) is 102 cm³/mol. The summed E-state index contributed by atoms with van der Waals surface area (Å²) in [6.07, 6.45) is 3.61. The molecule has 25 heavy (non-hydrogen) atoms. The molecule has 0 atom stereocenters. The Morgan fingerprint density at radius 1 is 1.16 bits per heavy atom. The van der Waals surface area contributed by atoms with Crippen molar-refractivity contribution in [2.75, 3.05) is 33.8 Å². The maximum absolute atomic E-state index is 12.2. The molecule has 1 fully saturated rings. The van der Waals surface area contributed by atoms with Crippen molar-refractivity contribution in [2.45, 2.75) is 32.1 Å². The van der Waals surface area contributed by atoms with Gasteiger partial charge in [-0.05, 0) is 63.0 Å². The molecule has 1 aliphatic rings. The summed E-state index contributed by atoms with van der Waals surface area (Å²) in [5, 5.41) is 3.20. The number of likely N-dealkylation sites (tertiary alicyclic amines) is 1. The lowest BCUT2D eigenvalue weighted by Gasteiger charge is -2.32. The zero-order valence-electron chi connectivity index (χ0n) is 15.1. The van der Waals surface area contributed by atoms with E-state index in [1.54, 1.807) is 31.4 Å². The third-order valence-electron chi connectivity index (χ3n) is 4.67. The summed E-state index contributed by atoms with van der Waals surface area (Å²) >= 11 is 0. The number of ether oxygens (including phenoxy) is 1. The third kappa shape index (κ3) is 6.67. The zero-order valence-corrected chi connectivity index (χ0v) is 15.9. The van der Waals surface area contributed by atoms with Crippen molar-refractivity contribution in [1.29, 1.82) is 0 Å². The van der Waals surface area contributed by atoms with Gasteiger partial charge in [-0.25, -0.2) is 0 Å². The Morgan fingerprint density at radius 2 is 1.80 bits per heavy atom. The van der Waals surface area contributed by atoms with Crippen molar-refractivity contribution in [3.8, 4) is 5.75 Å². The first-order valence-electron chi connectivity index (χ1n) is 8.73. The molecule has 2 rings (SSSR count).